The van der Waals surface area contributed by atoms with E-state index < -0.39 is 5.97 Å². The van der Waals surface area contributed by atoms with Crippen LogP contribution in [0.3, 0.4) is 0 Å². The molecule has 0 saturated carbocycles. The molecule has 1 aromatic carbocycles. The Balaban J connectivity index is 1.56. The van der Waals surface area contributed by atoms with Crippen LogP contribution in [0, 0.1) is 0 Å². The van der Waals surface area contributed by atoms with Crippen molar-refractivity contribution in [1.82, 2.24) is 9.97 Å². The highest BCUT2D eigenvalue weighted by Crippen LogP contribution is 2.27. The number of pyridine rings is 1. The number of benzene rings is 1. The van der Waals surface area contributed by atoms with Gasteiger partial charge in [-0.2, -0.15) is 0 Å². The summed E-state index contributed by atoms with van der Waals surface area (Å²) >= 11 is 1.40. The molecule has 0 saturated heterocycles. The van der Waals surface area contributed by atoms with Gasteiger partial charge in [-0.05, 0) is 30.3 Å². The maximum atomic E-state index is 12.3. The van der Waals surface area contributed by atoms with E-state index in [1.54, 1.807) is 29.8 Å². The smallest absolute Gasteiger partial charge is 0.312 e. The number of hydrogen-bond donors (Lipinski definition) is 0. The van der Waals surface area contributed by atoms with Crippen molar-refractivity contribution in [3.05, 3.63) is 59.2 Å². The molecule has 2 heterocycles. The van der Waals surface area contributed by atoms with Crippen molar-refractivity contribution in [2.24, 2.45) is 0 Å². The fourth-order valence-corrected chi connectivity index (χ4v) is 3.23. The van der Waals surface area contributed by atoms with Gasteiger partial charge in [0.25, 0.3) is 0 Å². The quantitative estimate of drug-likeness (QED) is 0.425. The summed E-state index contributed by atoms with van der Waals surface area (Å²) in [6.45, 7) is -0.356. The Hall–Kier alpha value is -3.26. The number of ether oxygens (including phenoxy) is 3. The van der Waals surface area contributed by atoms with Gasteiger partial charge in [0.1, 0.15) is 5.01 Å². The van der Waals surface area contributed by atoms with Gasteiger partial charge in [-0.15, -0.1) is 11.3 Å². The maximum Gasteiger partial charge on any atom is 0.312 e. The molecule has 0 bridgehead atoms. The SMILES string of the molecule is COc1ccc(C(=O)COC(=O)Cc2csc(-c3ccccn3)n2)cc1OC. The standard InChI is InChI=1S/C20H18N2O5S/c1-25-17-7-6-13(9-18(17)26-2)16(23)11-27-19(24)10-14-12-28-20(22-14)15-5-3-4-8-21-15/h3-9,12H,10-11H2,1-2H3. The van der Waals surface area contributed by atoms with Crippen molar-refractivity contribution in [3.63, 3.8) is 0 Å². The third-order valence-corrected chi connectivity index (χ3v) is 4.74. The highest BCUT2D eigenvalue weighted by atomic mass is 32.1. The number of rotatable bonds is 8. The summed E-state index contributed by atoms with van der Waals surface area (Å²) in [4.78, 5) is 32.9. The van der Waals surface area contributed by atoms with Crippen LogP contribution in [-0.2, 0) is 16.0 Å². The summed E-state index contributed by atoms with van der Waals surface area (Å²) in [6, 6.07) is 10.3. The van der Waals surface area contributed by atoms with Gasteiger partial charge < -0.3 is 14.2 Å². The molecule has 0 unspecified atom stereocenters. The van der Waals surface area contributed by atoms with Crippen molar-refractivity contribution in [3.8, 4) is 22.2 Å². The Morgan fingerprint density at radius 3 is 2.61 bits per heavy atom. The highest BCUT2D eigenvalue weighted by Gasteiger charge is 2.15. The first-order valence-electron chi connectivity index (χ1n) is 8.37. The number of Topliss-reactive ketones (excluding diaryl/α,β-unsaturated/α-hetero) is 1. The molecule has 0 spiro atoms. The topological polar surface area (TPSA) is 87.6 Å². The van der Waals surface area contributed by atoms with Gasteiger partial charge in [0.05, 0.1) is 32.0 Å². The summed E-state index contributed by atoms with van der Waals surface area (Å²) in [5, 5.41) is 2.51. The van der Waals surface area contributed by atoms with Crippen molar-refractivity contribution < 1.29 is 23.8 Å². The molecule has 144 valence electrons. The normalized spacial score (nSPS) is 10.4. The van der Waals surface area contributed by atoms with E-state index in [1.807, 2.05) is 18.2 Å². The minimum Gasteiger partial charge on any atom is -0.493 e. The molecule has 0 amide bonds. The first kappa shape index (κ1) is 19.5. The number of thiazole rings is 1. The summed E-state index contributed by atoms with van der Waals surface area (Å²) in [5.41, 5.74) is 1.70. The summed E-state index contributed by atoms with van der Waals surface area (Å²) in [6.07, 6.45) is 1.67. The van der Waals surface area contributed by atoms with Gasteiger partial charge in [0, 0.05) is 17.1 Å². The molecule has 8 heteroatoms. The van der Waals surface area contributed by atoms with Crippen LogP contribution in [-0.4, -0.2) is 42.5 Å². The predicted molar refractivity (Wildman–Crippen MR) is 104 cm³/mol. The molecule has 7 nitrogen and oxygen atoms in total. The van der Waals surface area contributed by atoms with Crippen molar-refractivity contribution in [1.29, 1.82) is 0 Å². The second-order valence-corrected chi connectivity index (χ2v) is 6.55. The minimum absolute atomic E-state index is 0.0114. The molecule has 2 aromatic heterocycles. The van der Waals surface area contributed by atoms with Crippen molar-refractivity contribution in [2.75, 3.05) is 20.8 Å². The molecular weight excluding hydrogens is 380 g/mol. The number of aromatic nitrogens is 2. The zero-order chi connectivity index (χ0) is 19.9. The van der Waals surface area contributed by atoms with Crippen LogP contribution in [0.4, 0.5) is 0 Å². The molecule has 0 aliphatic carbocycles. The molecule has 0 fully saturated rings. The lowest BCUT2D eigenvalue weighted by Gasteiger charge is -2.09. The minimum atomic E-state index is -0.522. The lowest BCUT2D eigenvalue weighted by Crippen LogP contribution is -2.16. The van der Waals surface area contributed by atoms with Gasteiger partial charge in [0.15, 0.2) is 23.9 Å². The summed E-state index contributed by atoms with van der Waals surface area (Å²) in [7, 11) is 3.00. The van der Waals surface area contributed by atoms with E-state index in [0.717, 1.165) is 10.7 Å². The third kappa shape index (κ3) is 4.72. The molecular formula is C20H18N2O5S. The van der Waals surface area contributed by atoms with E-state index >= 15 is 0 Å². The molecule has 0 aliphatic heterocycles. The van der Waals surface area contributed by atoms with Crippen LogP contribution in [0.15, 0.2) is 48.0 Å². The maximum absolute atomic E-state index is 12.3. The van der Waals surface area contributed by atoms with E-state index in [1.165, 1.54) is 25.6 Å². The number of methoxy groups -OCH3 is 2. The molecule has 0 N–H and O–H groups in total. The van der Waals surface area contributed by atoms with Gasteiger partial charge >= 0.3 is 5.97 Å². The van der Waals surface area contributed by atoms with Crippen LogP contribution in [0.25, 0.3) is 10.7 Å². The zero-order valence-corrected chi connectivity index (χ0v) is 16.2. The predicted octanol–water partition coefficient (Wildman–Crippen LogP) is 3.19. The summed E-state index contributed by atoms with van der Waals surface area (Å²) in [5.74, 6) is 0.0981. The number of nitrogens with zero attached hydrogens (tertiary/aromatic N) is 2. The van der Waals surface area contributed by atoms with Crippen molar-refractivity contribution in [2.45, 2.75) is 6.42 Å². The largest absolute Gasteiger partial charge is 0.493 e. The van der Waals surface area contributed by atoms with Crippen LogP contribution < -0.4 is 9.47 Å². The first-order chi connectivity index (χ1) is 13.6. The average Bonchev–Trinajstić information content (AvgIpc) is 3.20. The molecule has 3 aromatic rings. The Morgan fingerprint density at radius 2 is 1.89 bits per heavy atom. The fourth-order valence-electron chi connectivity index (χ4n) is 2.43. The van der Waals surface area contributed by atoms with Crippen LogP contribution in [0.1, 0.15) is 16.1 Å². The molecule has 0 radical (unpaired) electrons. The van der Waals surface area contributed by atoms with Crippen LogP contribution in [0.2, 0.25) is 0 Å². The van der Waals surface area contributed by atoms with Gasteiger partial charge in [-0.3, -0.25) is 14.6 Å². The van der Waals surface area contributed by atoms with Gasteiger partial charge in [0.2, 0.25) is 0 Å². The summed E-state index contributed by atoms with van der Waals surface area (Å²) < 4.78 is 15.4. The fraction of sp³-hybridized carbons (Fsp3) is 0.200. The number of carbonyl (C=O) groups excluding carboxylic acids is 2. The average molecular weight is 398 g/mol. The Bertz CT molecular complexity index is 972. The van der Waals surface area contributed by atoms with E-state index in [4.69, 9.17) is 14.2 Å². The van der Waals surface area contributed by atoms with E-state index in [9.17, 15) is 9.59 Å². The number of carbonyl (C=O) groups is 2. The first-order valence-corrected chi connectivity index (χ1v) is 9.25. The monoisotopic (exact) mass is 398 g/mol. The zero-order valence-electron chi connectivity index (χ0n) is 15.4. The molecule has 0 aliphatic rings. The van der Waals surface area contributed by atoms with E-state index in [-0.39, 0.29) is 18.8 Å². The Kier molecular flexibility index (Phi) is 6.33. The van der Waals surface area contributed by atoms with Crippen molar-refractivity contribution >= 4 is 23.1 Å². The van der Waals surface area contributed by atoms with Gasteiger partial charge in [-0.25, -0.2) is 4.98 Å². The molecule has 28 heavy (non-hydrogen) atoms. The number of ketones is 1. The van der Waals surface area contributed by atoms with E-state index in [0.29, 0.717) is 22.8 Å². The highest BCUT2D eigenvalue weighted by molar-refractivity contribution is 7.13. The second-order valence-electron chi connectivity index (χ2n) is 5.69. The number of hydrogen-bond acceptors (Lipinski definition) is 8. The van der Waals surface area contributed by atoms with Gasteiger partial charge in [-0.1, -0.05) is 6.07 Å². The number of esters is 1. The second kappa shape index (κ2) is 9.09. The third-order valence-electron chi connectivity index (χ3n) is 3.83. The van der Waals surface area contributed by atoms with E-state index in [2.05, 4.69) is 9.97 Å². The van der Waals surface area contributed by atoms with Crippen LogP contribution in [0.5, 0.6) is 11.5 Å². The molecule has 3 rings (SSSR count). The Labute approximate surface area is 165 Å². The lowest BCUT2D eigenvalue weighted by molar-refractivity contribution is -0.141. The lowest BCUT2D eigenvalue weighted by atomic mass is 10.1. The molecule has 0 atom stereocenters. The van der Waals surface area contributed by atoms with Crippen LogP contribution >= 0.6 is 11.3 Å². The Morgan fingerprint density at radius 1 is 1.07 bits per heavy atom.